The molecule has 2 atom stereocenters. The van der Waals surface area contributed by atoms with E-state index in [4.69, 9.17) is 0 Å². The smallest absolute Gasteiger partial charge is 0.247 e. The summed E-state index contributed by atoms with van der Waals surface area (Å²) in [4.78, 5) is 34.8. The normalized spacial score (nSPS) is 18.4. The van der Waals surface area contributed by atoms with Crippen LogP contribution in [0.2, 0.25) is 0 Å². The van der Waals surface area contributed by atoms with Crippen LogP contribution in [0.15, 0.2) is 35.4 Å². The lowest BCUT2D eigenvalue weighted by Gasteiger charge is -2.23. The van der Waals surface area contributed by atoms with Crippen LogP contribution < -0.4 is 5.11 Å². The maximum Gasteiger partial charge on any atom is 0.247 e. The third-order valence-corrected chi connectivity index (χ3v) is 5.28. The van der Waals surface area contributed by atoms with E-state index >= 15 is 0 Å². The van der Waals surface area contributed by atoms with Crippen LogP contribution in [-0.2, 0) is 14.4 Å². The molecule has 1 aliphatic heterocycles. The van der Waals surface area contributed by atoms with Crippen molar-refractivity contribution >= 4 is 45.6 Å². The lowest BCUT2D eigenvalue weighted by molar-refractivity contribution is -0.307. The van der Waals surface area contributed by atoms with Gasteiger partial charge in [0.2, 0.25) is 5.91 Å². The number of carboxylic acids is 1. The minimum Gasteiger partial charge on any atom is -0.547 e. The SMILES string of the molecule is CC(=O)SCC(C)C(=O)N1N=C(c2ccccc2)SC1C(=O)[O-]. The van der Waals surface area contributed by atoms with Crippen molar-refractivity contribution in [1.29, 1.82) is 0 Å². The molecular formula is C15H15N2O4S2-. The number of nitrogens with zero attached hydrogens (tertiary/aromatic N) is 2. The molecule has 0 aromatic heterocycles. The number of benzene rings is 1. The van der Waals surface area contributed by atoms with Crippen molar-refractivity contribution in [2.75, 3.05) is 5.75 Å². The van der Waals surface area contributed by atoms with Gasteiger partial charge in [0.25, 0.3) is 0 Å². The number of amides is 1. The molecule has 1 aliphatic rings. The Morgan fingerprint density at radius 1 is 1.35 bits per heavy atom. The first-order chi connectivity index (χ1) is 10.9. The van der Waals surface area contributed by atoms with Gasteiger partial charge in [-0.25, -0.2) is 5.01 Å². The highest BCUT2D eigenvalue weighted by atomic mass is 32.2. The van der Waals surface area contributed by atoms with Gasteiger partial charge in [-0.2, -0.15) is 5.10 Å². The van der Waals surface area contributed by atoms with Crippen LogP contribution in [0.3, 0.4) is 0 Å². The lowest BCUT2D eigenvalue weighted by atomic mass is 10.2. The maximum absolute atomic E-state index is 12.4. The van der Waals surface area contributed by atoms with E-state index in [1.165, 1.54) is 6.92 Å². The summed E-state index contributed by atoms with van der Waals surface area (Å²) in [6.07, 6.45) is 0. The van der Waals surface area contributed by atoms with Gasteiger partial charge in [-0.05, 0) is 0 Å². The second-order valence-corrected chi connectivity index (χ2v) is 7.21. The summed E-state index contributed by atoms with van der Waals surface area (Å²) in [5, 5.41) is 15.6. The van der Waals surface area contributed by atoms with Gasteiger partial charge in [0.05, 0.1) is 5.97 Å². The number of hydrazone groups is 1. The number of carbonyl (C=O) groups excluding carboxylic acids is 3. The second kappa shape index (κ2) is 7.65. The number of hydrogen-bond donors (Lipinski definition) is 0. The van der Waals surface area contributed by atoms with Crippen molar-refractivity contribution < 1.29 is 19.5 Å². The molecule has 1 amide bonds. The van der Waals surface area contributed by atoms with Crippen LogP contribution in [0, 0.1) is 5.92 Å². The minimum atomic E-state index is -1.37. The summed E-state index contributed by atoms with van der Waals surface area (Å²) in [6.45, 7) is 3.06. The maximum atomic E-state index is 12.4. The van der Waals surface area contributed by atoms with Crippen molar-refractivity contribution in [1.82, 2.24) is 5.01 Å². The highest BCUT2D eigenvalue weighted by Crippen LogP contribution is 2.31. The molecule has 0 aliphatic carbocycles. The fourth-order valence-corrected chi connectivity index (χ4v) is 3.48. The van der Waals surface area contributed by atoms with E-state index in [9.17, 15) is 19.5 Å². The van der Waals surface area contributed by atoms with Gasteiger partial charge in [-0.3, -0.25) is 9.59 Å². The molecule has 1 aromatic rings. The van der Waals surface area contributed by atoms with Gasteiger partial charge in [0.1, 0.15) is 10.4 Å². The molecule has 23 heavy (non-hydrogen) atoms. The predicted molar refractivity (Wildman–Crippen MR) is 88.5 cm³/mol. The molecule has 0 bridgehead atoms. The van der Waals surface area contributed by atoms with E-state index in [0.29, 0.717) is 5.04 Å². The van der Waals surface area contributed by atoms with Crippen molar-refractivity contribution in [3.05, 3.63) is 35.9 Å². The minimum absolute atomic E-state index is 0.0922. The second-order valence-electron chi connectivity index (χ2n) is 4.95. The molecule has 122 valence electrons. The molecule has 0 saturated heterocycles. The summed E-state index contributed by atoms with van der Waals surface area (Å²) < 4.78 is 0. The average Bonchev–Trinajstić information content (AvgIpc) is 2.98. The lowest BCUT2D eigenvalue weighted by Crippen LogP contribution is -2.46. The van der Waals surface area contributed by atoms with Gasteiger partial charge in [-0.1, -0.05) is 60.8 Å². The largest absolute Gasteiger partial charge is 0.547 e. The van der Waals surface area contributed by atoms with Crippen LogP contribution in [0.5, 0.6) is 0 Å². The van der Waals surface area contributed by atoms with Crippen LogP contribution >= 0.6 is 23.5 Å². The Balaban J connectivity index is 2.19. The topological polar surface area (TPSA) is 89.9 Å². The van der Waals surface area contributed by atoms with E-state index in [1.807, 2.05) is 18.2 Å². The third-order valence-electron chi connectivity index (χ3n) is 3.05. The van der Waals surface area contributed by atoms with Gasteiger partial charge in [0, 0.05) is 24.2 Å². The summed E-state index contributed by atoms with van der Waals surface area (Å²) in [5.74, 6) is -2.05. The Labute approximate surface area is 142 Å². The van der Waals surface area contributed by atoms with E-state index in [1.54, 1.807) is 19.1 Å². The Hall–Kier alpha value is -1.80. The predicted octanol–water partition coefficient (Wildman–Crippen LogP) is 0.915. The molecule has 0 saturated carbocycles. The number of carbonyl (C=O) groups is 3. The van der Waals surface area contributed by atoms with Gasteiger partial charge in [0.15, 0.2) is 5.12 Å². The van der Waals surface area contributed by atoms with E-state index in [-0.39, 0.29) is 10.9 Å². The van der Waals surface area contributed by atoms with Crippen molar-refractivity contribution in [2.45, 2.75) is 19.2 Å². The Bertz CT molecular complexity index is 648. The molecule has 0 radical (unpaired) electrons. The molecule has 0 spiro atoms. The first-order valence-corrected chi connectivity index (χ1v) is 8.74. The molecular weight excluding hydrogens is 336 g/mol. The van der Waals surface area contributed by atoms with Crippen molar-refractivity contribution in [3.8, 4) is 0 Å². The van der Waals surface area contributed by atoms with Crippen LogP contribution in [-0.4, -0.2) is 38.2 Å². The molecule has 1 aromatic carbocycles. The van der Waals surface area contributed by atoms with Crippen LogP contribution in [0.25, 0.3) is 0 Å². The summed E-state index contributed by atoms with van der Waals surface area (Å²) in [6, 6.07) is 9.04. The fraction of sp³-hybridized carbons (Fsp3) is 0.333. The zero-order valence-corrected chi connectivity index (χ0v) is 14.2. The summed E-state index contributed by atoms with van der Waals surface area (Å²) in [7, 11) is 0. The molecule has 2 rings (SSSR count). The number of thioether (sulfide) groups is 2. The zero-order valence-electron chi connectivity index (χ0n) is 12.6. The van der Waals surface area contributed by atoms with Gasteiger partial charge in [-0.15, -0.1) is 0 Å². The number of hydrogen-bond acceptors (Lipinski definition) is 7. The Morgan fingerprint density at radius 3 is 2.57 bits per heavy atom. The number of aliphatic carboxylic acids is 1. The van der Waals surface area contributed by atoms with Crippen LogP contribution in [0.1, 0.15) is 19.4 Å². The van der Waals surface area contributed by atoms with Crippen LogP contribution in [0.4, 0.5) is 0 Å². The Kier molecular flexibility index (Phi) is 5.84. The average molecular weight is 351 g/mol. The van der Waals surface area contributed by atoms with E-state index in [2.05, 4.69) is 5.10 Å². The number of rotatable bonds is 5. The van der Waals surface area contributed by atoms with Gasteiger partial charge >= 0.3 is 0 Å². The highest BCUT2D eigenvalue weighted by Gasteiger charge is 2.35. The molecule has 1 heterocycles. The fourth-order valence-electron chi connectivity index (χ4n) is 1.89. The van der Waals surface area contributed by atoms with E-state index < -0.39 is 23.2 Å². The Morgan fingerprint density at radius 2 is 2.00 bits per heavy atom. The van der Waals surface area contributed by atoms with Gasteiger partial charge < -0.3 is 9.90 Å². The zero-order chi connectivity index (χ0) is 17.0. The summed E-state index contributed by atoms with van der Waals surface area (Å²) >= 11 is 2.00. The standard InChI is InChI=1S/C15H16N2O4S2/c1-9(8-22-10(2)18)13(19)17-14(15(20)21)23-12(16-17)11-6-4-3-5-7-11/h3-7,9,14H,8H2,1-2H3,(H,20,21)/p-1. The van der Waals surface area contributed by atoms with E-state index in [0.717, 1.165) is 34.1 Å². The van der Waals surface area contributed by atoms with Crippen molar-refractivity contribution in [2.24, 2.45) is 11.0 Å². The highest BCUT2D eigenvalue weighted by molar-refractivity contribution is 8.15. The number of carboxylic acid groups (broad SMARTS) is 1. The monoisotopic (exact) mass is 351 g/mol. The molecule has 6 nitrogen and oxygen atoms in total. The molecule has 8 heteroatoms. The third kappa shape index (κ3) is 4.35. The first kappa shape index (κ1) is 17.6. The molecule has 0 N–H and O–H groups in total. The molecule has 0 fully saturated rings. The quantitative estimate of drug-likeness (QED) is 0.783. The molecule has 2 unspecified atom stereocenters. The summed E-state index contributed by atoms with van der Waals surface area (Å²) in [5.41, 5.74) is 0.741. The first-order valence-electron chi connectivity index (χ1n) is 6.88. The van der Waals surface area contributed by atoms with Crippen molar-refractivity contribution in [3.63, 3.8) is 0 Å².